The second kappa shape index (κ2) is 5.76. The largest absolute Gasteiger partial charge is 0.367 e. The summed E-state index contributed by atoms with van der Waals surface area (Å²) in [6, 6.07) is 5.06. The van der Waals surface area contributed by atoms with Crippen LogP contribution in [0.5, 0.6) is 0 Å². The molecule has 7 heteroatoms. The summed E-state index contributed by atoms with van der Waals surface area (Å²) in [6.45, 7) is 3.07. The van der Waals surface area contributed by atoms with Gasteiger partial charge in [-0.1, -0.05) is 0 Å². The SMILES string of the molecule is Cc1cc(=O)[nH]c([C@H]2CN(C(=O)c3cccn3C)CCO2)n1. The molecule has 0 aliphatic carbocycles. The fourth-order valence-corrected chi connectivity index (χ4v) is 2.60. The number of aromatic amines is 1. The van der Waals surface area contributed by atoms with E-state index in [0.717, 1.165) is 0 Å². The van der Waals surface area contributed by atoms with Gasteiger partial charge in [-0.2, -0.15) is 0 Å². The molecule has 2 aromatic rings. The number of hydrogen-bond acceptors (Lipinski definition) is 4. The standard InChI is InChI=1S/C15H18N4O3/c1-10-8-13(20)17-14(16-10)12-9-19(6-7-22-12)15(21)11-4-3-5-18(11)2/h3-5,8,12H,6-7,9H2,1-2H3,(H,16,17,20)/t12-/m1/s1. The van der Waals surface area contributed by atoms with Crippen LogP contribution >= 0.6 is 0 Å². The second-order valence-electron chi connectivity index (χ2n) is 5.39. The van der Waals surface area contributed by atoms with Crippen molar-refractivity contribution in [1.82, 2.24) is 19.4 Å². The number of ether oxygens (including phenoxy) is 1. The number of amides is 1. The van der Waals surface area contributed by atoms with Crippen LogP contribution in [0.1, 0.15) is 28.1 Å². The van der Waals surface area contributed by atoms with Crippen molar-refractivity contribution in [2.24, 2.45) is 7.05 Å². The second-order valence-corrected chi connectivity index (χ2v) is 5.39. The van der Waals surface area contributed by atoms with Crippen LogP contribution in [0.25, 0.3) is 0 Å². The lowest BCUT2D eigenvalue weighted by Gasteiger charge is -2.32. The Bertz CT molecular complexity index is 749. The number of carbonyl (C=O) groups is 1. The van der Waals surface area contributed by atoms with Gasteiger partial charge in [-0.15, -0.1) is 0 Å². The van der Waals surface area contributed by atoms with Crippen molar-refractivity contribution in [3.05, 3.63) is 52.0 Å². The lowest BCUT2D eigenvalue weighted by molar-refractivity contribution is -0.0272. The van der Waals surface area contributed by atoms with Gasteiger partial charge in [0.15, 0.2) is 0 Å². The smallest absolute Gasteiger partial charge is 0.270 e. The lowest BCUT2D eigenvalue weighted by Crippen LogP contribution is -2.43. The molecule has 7 nitrogen and oxygen atoms in total. The van der Waals surface area contributed by atoms with Gasteiger partial charge in [0.05, 0.1) is 13.2 Å². The van der Waals surface area contributed by atoms with Gasteiger partial charge in [0.1, 0.15) is 17.6 Å². The molecule has 2 aromatic heterocycles. The molecule has 0 aromatic carbocycles. The molecule has 1 amide bonds. The number of aromatic nitrogens is 3. The Morgan fingerprint density at radius 3 is 3.00 bits per heavy atom. The lowest BCUT2D eigenvalue weighted by atomic mass is 10.2. The maximum atomic E-state index is 12.5. The van der Waals surface area contributed by atoms with Gasteiger partial charge in [0.25, 0.3) is 11.5 Å². The first-order chi connectivity index (χ1) is 10.5. The summed E-state index contributed by atoms with van der Waals surface area (Å²) in [5, 5.41) is 0. The van der Waals surface area contributed by atoms with E-state index in [9.17, 15) is 9.59 Å². The van der Waals surface area contributed by atoms with Crippen LogP contribution in [0.2, 0.25) is 0 Å². The Kier molecular flexibility index (Phi) is 3.81. The van der Waals surface area contributed by atoms with Gasteiger partial charge in [-0.25, -0.2) is 4.98 Å². The number of nitrogens with zero attached hydrogens (tertiary/aromatic N) is 3. The van der Waals surface area contributed by atoms with Gasteiger partial charge >= 0.3 is 0 Å². The molecule has 0 bridgehead atoms. The monoisotopic (exact) mass is 302 g/mol. The molecule has 1 saturated heterocycles. The summed E-state index contributed by atoms with van der Waals surface area (Å²) in [4.78, 5) is 32.8. The van der Waals surface area contributed by atoms with E-state index in [-0.39, 0.29) is 11.5 Å². The Morgan fingerprint density at radius 2 is 2.32 bits per heavy atom. The highest BCUT2D eigenvalue weighted by molar-refractivity contribution is 5.92. The minimum absolute atomic E-state index is 0.0456. The summed E-state index contributed by atoms with van der Waals surface area (Å²) in [5.74, 6) is 0.421. The maximum Gasteiger partial charge on any atom is 0.270 e. The molecule has 1 N–H and O–H groups in total. The van der Waals surface area contributed by atoms with Gasteiger partial charge in [-0.3, -0.25) is 9.59 Å². The summed E-state index contributed by atoms with van der Waals surface area (Å²) < 4.78 is 7.46. The van der Waals surface area contributed by atoms with E-state index in [1.54, 1.807) is 22.5 Å². The minimum atomic E-state index is -0.412. The molecule has 0 saturated carbocycles. The number of nitrogens with one attached hydrogen (secondary N) is 1. The number of hydrogen-bond donors (Lipinski definition) is 1. The number of aryl methyl sites for hydroxylation is 2. The first kappa shape index (κ1) is 14.5. The van der Waals surface area contributed by atoms with E-state index in [1.165, 1.54) is 6.07 Å². The molecule has 3 heterocycles. The van der Waals surface area contributed by atoms with Crippen molar-refractivity contribution in [3.8, 4) is 0 Å². The van der Waals surface area contributed by atoms with Crippen LogP contribution in [0, 0.1) is 6.92 Å². The quantitative estimate of drug-likeness (QED) is 0.882. The van der Waals surface area contributed by atoms with Gasteiger partial charge < -0.3 is 19.2 Å². The zero-order chi connectivity index (χ0) is 15.7. The third-order valence-corrected chi connectivity index (χ3v) is 3.71. The zero-order valence-electron chi connectivity index (χ0n) is 12.6. The van der Waals surface area contributed by atoms with Crippen LogP contribution in [0.3, 0.4) is 0 Å². The first-order valence-corrected chi connectivity index (χ1v) is 7.14. The van der Waals surface area contributed by atoms with Gasteiger partial charge in [-0.05, 0) is 19.1 Å². The molecule has 1 fully saturated rings. The molecule has 1 aliphatic heterocycles. The van der Waals surface area contributed by atoms with Crippen molar-refractivity contribution < 1.29 is 9.53 Å². The highest BCUT2D eigenvalue weighted by Gasteiger charge is 2.28. The summed E-state index contributed by atoms with van der Waals surface area (Å²) in [7, 11) is 1.84. The molecule has 0 unspecified atom stereocenters. The van der Waals surface area contributed by atoms with Crippen molar-refractivity contribution in [2.45, 2.75) is 13.0 Å². The van der Waals surface area contributed by atoms with Gasteiger partial charge in [0, 0.05) is 31.5 Å². The zero-order valence-corrected chi connectivity index (χ0v) is 12.6. The molecule has 116 valence electrons. The Hall–Kier alpha value is -2.41. The van der Waals surface area contributed by atoms with Crippen LogP contribution in [-0.4, -0.2) is 45.0 Å². The van der Waals surface area contributed by atoms with E-state index in [2.05, 4.69) is 9.97 Å². The summed E-state index contributed by atoms with van der Waals surface area (Å²) in [6.07, 6.45) is 1.43. The van der Waals surface area contributed by atoms with Crippen LogP contribution in [-0.2, 0) is 11.8 Å². The van der Waals surface area contributed by atoms with Crippen molar-refractivity contribution in [1.29, 1.82) is 0 Å². The van der Waals surface area contributed by atoms with Crippen molar-refractivity contribution in [3.63, 3.8) is 0 Å². The molecule has 0 spiro atoms. The molecule has 1 aliphatic rings. The molecular formula is C15H18N4O3. The fraction of sp³-hybridized carbons (Fsp3) is 0.400. The molecular weight excluding hydrogens is 284 g/mol. The summed E-state index contributed by atoms with van der Waals surface area (Å²) in [5.41, 5.74) is 1.05. The highest BCUT2D eigenvalue weighted by atomic mass is 16.5. The summed E-state index contributed by atoms with van der Waals surface area (Å²) >= 11 is 0. The normalized spacial score (nSPS) is 18.5. The topological polar surface area (TPSA) is 80.2 Å². The van der Waals surface area contributed by atoms with E-state index >= 15 is 0 Å². The predicted octanol–water partition coefficient (Wildman–Crippen LogP) is 0.631. The Labute approximate surface area is 127 Å². The molecule has 3 rings (SSSR count). The van der Waals surface area contributed by atoms with Crippen LogP contribution in [0.15, 0.2) is 29.2 Å². The first-order valence-electron chi connectivity index (χ1n) is 7.14. The third-order valence-electron chi connectivity index (χ3n) is 3.71. The molecule has 22 heavy (non-hydrogen) atoms. The Balaban J connectivity index is 1.81. The fourth-order valence-electron chi connectivity index (χ4n) is 2.60. The predicted molar refractivity (Wildman–Crippen MR) is 79.6 cm³/mol. The highest BCUT2D eigenvalue weighted by Crippen LogP contribution is 2.20. The van der Waals surface area contributed by atoms with Crippen LogP contribution < -0.4 is 5.56 Å². The number of rotatable bonds is 2. The maximum absolute atomic E-state index is 12.5. The third kappa shape index (κ3) is 2.80. The van der Waals surface area contributed by atoms with Crippen molar-refractivity contribution in [2.75, 3.05) is 19.7 Å². The number of carbonyl (C=O) groups excluding carboxylic acids is 1. The van der Waals surface area contributed by atoms with Gasteiger partial charge in [0.2, 0.25) is 0 Å². The van der Waals surface area contributed by atoms with E-state index < -0.39 is 6.10 Å². The van der Waals surface area contributed by atoms with Crippen LogP contribution in [0.4, 0.5) is 0 Å². The van der Waals surface area contributed by atoms with E-state index in [4.69, 9.17) is 4.74 Å². The average Bonchev–Trinajstić information content (AvgIpc) is 2.92. The average molecular weight is 302 g/mol. The number of morpholine rings is 1. The van der Waals surface area contributed by atoms with Crippen molar-refractivity contribution >= 4 is 5.91 Å². The molecule has 1 atom stereocenters. The molecule has 0 radical (unpaired) electrons. The number of H-pyrrole nitrogens is 1. The van der Waals surface area contributed by atoms with E-state index in [1.807, 2.05) is 19.3 Å². The van der Waals surface area contributed by atoms with E-state index in [0.29, 0.717) is 36.9 Å². The minimum Gasteiger partial charge on any atom is -0.367 e. The Morgan fingerprint density at radius 1 is 1.50 bits per heavy atom.